The Hall–Kier alpha value is -3.58. The van der Waals surface area contributed by atoms with Crippen LogP contribution in [0.1, 0.15) is 38.9 Å². The first-order valence-corrected chi connectivity index (χ1v) is 20.4. The van der Waals surface area contributed by atoms with Crippen LogP contribution in [-0.2, 0) is 19.5 Å². The third-order valence-corrected chi connectivity index (χ3v) is 15.3. The van der Waals surface area contributed by atoms with Crippen LogP contribution < -0.4 is 20.4 Å². The Balaban J connectivity index is 0.00000464. The molecule has 1 unspecified atom stereocenters. The summed E-state index contributed by atoms with van der Waals surface area (Å²) in [6, 6.07) is 41.4. The molecule has 0 aromatic heterocycles. The molecule has 1 fully saturated rings. The maximum atomic E-state index is 7.76. The SMILES string of the molecule is Cc1cc(C)c(N2CCN(c3c(C)cc(C)cc3C)C2=C2C=CC(P(=Cc3ccccc3)(c3ccccc3)c3ccccc3)=C(Cl)C2Cl)c(C)c1.[Ru]. The van der Waals surface area contributed by atoms with Gasteiger partial charge in [-0.2, -0.15) is 0 Å². The number of aryl methyl sites for hydroxylation is 6. The molecule has 266 valence electrons. The molecule has 1 heterocycles. The summed E-state index contributed by atoms with van der Waals surface area (Å²) in [7, 11) is 0. The Morgan fingerprint density at radius 2 is 1.00 bits per heavy atom. The van der Waals surface area contributed by atoms with Gasteiger partial charge < -0.3 is 9.80 Å². The summed E-state index contributed by atoms with van der Waals surface area (Å²) >= 11 is 15.5. The molecule has 2 nitrogen and oxygen atoms in total. The Labute approximate surface area is 333 Å². The summed E-state index contributed by atoms with van der Waals surface area (Å²) in [6.45, 7) is 12.5. The van der Waals surface area contributed by atoms with Crippen molar-refractivity contribution in [3.63, 3.8) is 0 Å². The van der Waals surface area contributed by atoms with E-state index < -0.39 is 12.3 Å². The van der Waals surface area contributed by atoms with Crippen LogP contribution in [-0.4, -0.2) is 24.3 Å². The topological polar surface area (TPSA) is 6.48 Å². The summed E-state index contributed by atoms with van der Waals surface area (Å²) in [4.78, 5) is 4.97. The number of benzene rings is 5. The fourth-order valence-corrected chi connectivity index (χ4v) is 13.2. The molecule has 5 aromatic rings. The molecule has 0 saturated carbocycles. The van der Waals surface area contributed by atoms with Gasteiger partial charge in [-0.3, -0.25) is 0 Å². The van der Waals surface area contributed by atoms with E-state index >= 15 is 0 Å². The standard InChI is InChI=1S/C46H45Cl2N2P.Ru/c1-31-26-33(3)44(34(4)27-31)49-24-25-50(45-35(5)28-32(2)29-36(45)6)46(49)40-22-23-41(43(48)42(40)47)51(38-18-12-8-13-19-38,39-20-14-9-15-21-39)30-37-16-10-7-11-17-37;/h7-23,26-30,42H,24-25H2,1-6H3;. The molecule has 1 saturated heterocycles. The van der Waals surface area contributed by atoms with Crippen molar-refractivity contribution in [2.24, 2.45) is 0 Å². The second kappa shape index (κ2) is 15.8. The van der Waals surface area contributed by atoms with E-state index in [0.717, 1.165) is 35.4 Å². The number of rotatable bonds is 6. The molecule has 0 spiro atoms. The smallest absolute Gasteiger partial charge is 0.118 e. The fraction of sp³-hybridized carbons (Fsp3) is 0.196. The van der Waals surface area contributed by atoms with Crippen LogP contribution in [0.25, 0.3) is 0 Å². The van der Waals surface area contributed by atoms with Crippen LogP contribution in [0.5, 0.6) is 0 Å². The molecule has 7 rings (SSSR count). The van der Waals surface area contributed by atoms with E-state index in [4.69, 9.17) is 23.2 Å². The molecule has 0 radical (unpaired) electrons. The third kappa shape index (κ3) is 6.95. The summed E-state index contributed by atoms with van der Waals surface area (Å²) < 4.78 is 0. The van der Waals surface area contributed by atoms with E-state index in [9.17, 15) is 0 Å². The molecule has 0 amide bonds. The van der Waals surface area contributed by atoms with Gasteiger partial charge in [0.1, 0.15) is 5.82 Å². The van der Waals surface area contributed by atoms with E-state index in [0.29, 0.717) is 5.03 Å². The Kier molecular flexibility index (Phi) is 11.6. The van der Waals surface area contributed by atoms with Gasteiger partial charge in [-0.1, -0.05) is 150 Å². The third-order valence-electron chi connectivity index (χ3n) is 10.1. The number of hydrogen-bond acceptors (Lipinski definition) is 2. The van der Waals surface area contributed by atoms with E-state index in [-0.39, 0.29) is 19.5 Å². The van der Waals surface area contributed by atoms with Crippen LogP contribution in [0.4, 0.5) is 11.4 Å². The molecule has 2 aliphatic rings. The zero-order chi connectivity index (χ0) is 35.9. The molecule has 1 atom stereocenters. The molecular formula is C46H45Cl2N2PRu. The molecule has 0 N–H and O–H groups in total. The number of anilines is 2. The Morgan fingerprint density at radius 1 is 0.596 bits per heavy atom. The molecule has 1 aliphatic carbocycles. The van der Waals surface area contributed by atoms with E-state index in [2.05, 4.69) is 185 Å². The van der Waals surface area contributed by atoms with Crippen molar-refractivity contribution in [2.75, 3.05) is 22.9 Å². The van der Waals surface area contributed by atoms with Crippen molar-refractivity contribution in [2.45, 2.75) is 46.9 Å². The van der Waals surface area contributed by atoms with Gasteiger partial charge in [-0.15, -0.1) is 11.6 Å². The summed E-state index contributed by atoms with van der Waals surface area (Å²) in [5.41, 5.74) is 12.2. The van der Waals surface area contributed by atoms with Crippen molar-refractivity contribution in [3.8, 4) is 0 Å². The van der Waals surface area contributed by atoms with E-state index in [1.165, 1.54) is 55.4 Å². The second-order valence-corrected chi connectivity index (χ2v) is 18.0. The first kappa shape index (κ1) is 38.2. The van der Waals surface area contributed by atoms with Gasteiger partial charge in [0, 0.05) is 59.9 Å². The number of nitrogens with zero attached hydrogens (tertiary/aromatic N) is 2. The number of alkyl halides is 1. The van der Waals surface area contributed by atoms with Crippen molar-refractivity contribution in [3.05, 3.63) is 188 Å². The van der Waals surface area contributed by atoms with Crippen molar-refractivity contribution in [1.82, 2.24) is 0 Å². The van der Waals surface area contributed by atoms with Gasteiger partial charge in [0.15, 0.2) is 0 Å². The Bertz CT molecular complexity index is 2100. The fourth-order valence-electron chi connectivity index (χ4n) is 8.31. The molecule has 52 heavy (non-hydrogen) atoms. The van der Waals surface area contributed by atoms with Crippen LogP contribution in [0, 0.1) is 41.5 Å². The quantitative estimate of drug-likeness (QED) is 0.0956. The van der Waals surface area contributed by atoms with Gasteiger partial charge in [-0.05, 0) is 92.7 Å². The monoisotopic (exact) mass is 828 g/mol. The number of allylic oxidation sites excluding steroid dienone is 5. The van der Waals surface area contributed by atoms with Gasteiger partial charge in [0.25, 0.3) is 0 Å². The van der Waals surface area contributed by atoms with Gasteiger partial charge in [-0.25, -0.2) is 0 Å². The Morgan fingerprint density at radius 3 is 1.42 bits per heavy atom. The van der Waals surface area contributed by atoms with E-state index in [1.807, 2.05) is 0 Å². The number of hydrogen-bond donors (Lipinski definition) is 0. The van der Waals surface area contributed by atoms with E-state index in [1.54, 1.807) is 0 Å². The van der Waals surface area contributed by atoms with Crippen LogP contribution in [0.15, 0.2) is 149 Å². The van der Waals surface area contributed by atoms with Crippen molar-refractivity contribution in [1.29, 1.82) is 0 Å². The van der Waals surface area contributed by atoms with Gasteiger partial charge in [0.2, 0.25) is 0 Å². The van der Waals surface area contributed by atoms with Crippen LogP contribution in [0.2, 0.25) is 0 Å². The predicted molar refractivity (Wildman–Crippen MR) is 225 cm³/mol. The minimum absolute atomic E-state index is 0. The summed E-state index contributed by atoms with van der Waals surface area (Å²) in [6.07, 6.45) is 4.53. The zero-order valence-corrected chi connectivity index (χ0v) is 34.8. The first-order valence-electron chi connectivity index (χ1n) is 17.7. The predicted octanol–water partition coefficient (Wildman–Crippen LogP) is 11.2. The second-order valence-electron chi connectivity index (χ2n) is 13.9. The van der Waals surface area contributed by atoms with Crippen molar-refractivity contribution >= 4 is 57.9 Å². The van der Waals surface area contributed by atoms with Gasteiger partial charge in [0.05, 0.1) is 5.38 Å². The average Bonchev–Trinajstić information content (AvgIpc) is 3.52. The maximum absolute atomic E-state index is 7.76. The minimum atomic E-state index is -2.44. The molecule has 5 aromatic carbocycles. The van der Waals surface area contributed by atoms with Crippen molar-refractivity contribution < 1.29 is 19.5 Å². The average molecular weight is 829 g/mol. The summed E-state index contributed by atoms with van der Waals surface area (Å²) in [5, 5.41) is 3.67. The molecule has 1 aliphatic heterocycles. The molecular weight excluding hydrogens is 783 g/mol. The first-order chi connectivity index (χ1) is 24.6. The summed E-state index contributed by atoms with van der Waals surface area (Å²) in [5.74, 6) is 3.55. The number of halogens is 2. The minimum Gasteiger partial charge on any atom is -0.325 e. The normalized spacial score (nSPS) is 16.0. The van der Waals surface area contributed by atoms with Crippen LogP contribution >= 0.6 is 30.1 Å². The zero-order valence-electron chi connectivity index (χ0n) is 30.6. The largest absolute Gasteiger partial charge is 0.325 e. The van der Waals surface area contributed by atoms with Crippen LogP contribution in [0.3, 0.4) is 0 Å². The molecule has 0 bridgehead atoms. The maximum Gasteiger partial charge on any atom is 0.118 e. The van der Waals surface area contributed by atoms with Gasteiger partial charge >= 0.3 is 0 Å². The molecule has 6 heteroatoms.